The molecule has 0 aromatic heterocycles. The molecule has 37 heavy (non-hydrogen) atoms. The van der Waals surface area contributed by atoms with Crippen molar-refractivity contribution < 1.29 is 23.8 Å². The van der Waals surface area contributed by atoms with Gasteiger partial charge in [-0.25, -0.2) is 4.79 Å². The van der Waals surface area contributed by atoms with Crippen LogP contribution >= 0.6 is 11.8 Å². The van der Waals surface area contributed by atoms with Crippen molar-refractivity contribution in [2.45, 2.75) is 44.1 Å². The second kappa shape index (κ2) is 11.1. The van der Waals surface area contributed by atoms with E-state index >= 15 is 0 Å². The van der Waals surface area contributed by atoms with Gasteiger partial charge in [-0.05, 0) is 78.1 Å². The van der Waals surface area contributed by atoms with Crippen molar-refractivity contribution in [1.82, 2.24) is 10.6 Å². The molecular weight excluding hydrogens is 488 g/mol. The van der Waals surface area contributed by atoms with Gasteiger partial charge in [-0.2, -0.15) is 11.8 Å². The molecule has 0 aliphatic carbocycles. The minimum absolute atomic E-state index is 0.409. The lowest BCUT2D eigenvalue weighted by molar-refractivity contribution is -0.203. The summed E-state index contributed by atoms with van der Waals surface area (Å²) in [5, 5.41) is 7.37. The standard InChI is InChI=1S/C29H32N2O5S/c1-29(27(32)30-28(33)31-29)26(36-25-5-3-4-14-35-25)20-8-6-19(7-9-20)21-10-11-23-18-24(34-15-16-37-2)13-12-22(23)17-21/h6-13,17-18,25-26H,3-5,14-16H2,1-2H3,(H2,30,31,32,33)/t25-,26?,29-/m1/s1. The first-order valence-electron chi connectivity index (χ1n) is 12.6. The lowest BCUT2D eigenvalue weighted by Gasteiger charge is -2.35. The van der Waals surface area contributed by atoms with E-state index in [1.54, 1.807) is 18.7 Å². The van der Waals surface area contributed by atoms with E-state index in [4.69, 9.17) is 14.2 Å². The van der Waals surface area contributed by atoms with Gasteiger partial charge in [0.05, 0.1) is 6.61 Å². The number of carbonyl (C=O) groups is 2. The predicted octanol–water partition coefficient (Wildman–Crippen LogP) is 5.43. The van der Waals surface area contributed by atoms with Gasteiger partial charge in [0.15, 0.2) is 6.29 Å². The van der Waals surface area contributed by atoms with Gasteiger partial charge in [-0.3, -0.25) is 10.1 Å². The van der Waals surface area contributed by atoms with E-state index in [0.717, 1.165) is 58.2 Å². The van der Waals surface area contributed by atoms with E-state index in [1.807, 2.05) is 30.3 Å². The first-order valence-corrected chi connectivity index (χ1v) is 14.0. The number of benzene rings is 3. The van der Waals surface area contributed by atoms with Crippen LogP contribution in [-0.2, 0) is 14.3 Å². The Morgan fingerprint density at radius 3 is 2.49 bits per heavy atom. The Bertz CT molecular complexity index is 1280. The molecule has 7 nitrogen and oxygen atoms in total. The maximum atomic E-state index is 12.7. The first kappa shape index (κ1) is 25.6. The van der Waals surface area contributed by atoms with E-state index in [1.165, 1.54) is 0 Å². The lowest BCUT2D eigenvalue weighted by atomic mass is 9.88. The van der Waals surface area contributed by atoms with Crippen LogP contribution in [0.5, 0.6) is 5.75 Å². The molecule has 3 aromatic carbocycles. The van der Waals surface area contributed by atoms with E-state index in [-0.39, 0.29) is 0 Å². The van der Waals surface area contributed by atoms with Gasteiger partial charge < -0.3 is 19.5 Å². The second-order valence-corrected chi connectivity index (χ2v) is 10.6. The van der Waals surface area contributed by atoms with Crippen LogP contribution in [0.1, 0.15) is 37.9 Å². The number of hydrogen-bond donors (Lipinski definition) is 2. The summed E-state index contributed by atoms with van der Waals surface area (Å²) in [7, 11) is 0. The Morgan fingerprint density at radius 1 is 1.03 bits per heavy atom. The molecule has 2 saturated heterocycles. The number of carbonyl (C=O) groups excluding carboxylic acids is 2. The maximum absolute atomic E-state index is 12.7. The number of imide groups is 1. The third-order valence-electron chi connectivity index (χ3n) is 6.94. The number of thioether (sulfide) groups is 1. The molecule has 3 atom stereocenters. The zero-order chi connectivity index (χ0) is 25.8. The van der Waals surface area contributed by atoms with E-state index < -0.39 is 29.9 Å². The summed E-state index contributed by atoms with van der Waals surface area (Å²) in [5.41, 5.74) is 1.69. The van der Waals surface area contributed by atoms with Gasteiger partial charge in [0.2, 0.25) is 0 Å². The summed E-state index contributed by atoms with van der Waals surface area (Å²) in [4.78, 5) is 24.7. The van der Waals surface area contributed by atoms with Crippen LogP contribution in [0.4, 0.5) is 4.79 Å². The van der Waals surface area contributed by atoms with E-state index in [2.05, 4.69) is 47.2 Å². The van der Waals surface area contributed by atoms with Gasteiger partial charge in [-0.15, -0.1) is 0 Å². The van der Waals surface area contributed by atoms with Crippen molar-refractivity contribution in [2.24, 2.45) is 0 Å². The lowest BCUT2D eigenvalue weighted by Crippen LogP contribution is -2.51. The van der Waals surface area contributed by atoms with Gasteiger partial charge in [0, 0.05) is 12.4 Å². The van der Waals surface area contributed by atoms with Crippen molar-refractivity contribution in [3.8, 4) is 16.9 Å². The van der Waals surface area contributed by atoms with Crippen LogP contribution in [0.3, 0.4) is 0 Å². The number of urea groups is 1. The summed E-state index contributed by atoms with van der Waals surface area (Å²) in [6.45, 7) is 3.01. The maximum Gasteiger partial charge on any atom is 0.322 e. The molecule has 0 saturated carbocycles. The highest BCUT2D eigenvalue weighted by atomic mass is 32.2. The SMILES string of the molecule is CSCCOc1ccc2cc(-c3ccc(C(O[C@@H]4CCCCO4)[C@@]4(C)NC(=O)NC4=O)cc3)ccc2c1. The third kappa shape index (κ3) is 5.61. The number of amides is 3. The Hall–Kier alpha value is -3.07. The largest absolute Gasteiger partial charge is 0.493 e. The summed E-state index contributed by atoms with van der Waals surface area (Å²) in [5.74, 6) is 1.43. The third-order valence-corrected chi connectivity index (χ3v) is 7.51. The van der Waals surface area contributed by atoms with Gasteiger partial charge in [0.1, 0.15) is 17.4 Å². The molecular formula is C29H32N2O5S. The number of nitrogens with one attached hydrogen (secondary N) is 2. The van der Waals surface area contributed by atoms with Crippen molar-refractivity contribution in [1.29, 1.82) is 0 Å². The molecule has 194 valence electrons. The highest BCUT2D eigenvalue weighted by Crippen LogP contribution is 2.36. The van der Waals surface area contributed by atoms with E-state index in [0.29, 0.717) is 13.2 Å². The smallest absolute Gasteiger partial charge is 0.322 e. The number of fused-ring (bicyclic) bond motifs is 1. The molecule has 8 heteroatoms. The van der Waals surface area contributed by atoms with Crippen molar-refractivity contribution in [3.63, 3.8) is 0 Å². The zero-order valence-corrected chi connectivity index (χ0v) is 21.9. The number of ether oxygens (including phenoxy) is 3. The molecule has 2 aliphatic rings. The fourth-order valence-corrected chi connectivity index (χ4v) is 5.10. The summed E-state index contributed by atoms with van der Waals surface area (Å²) in [6.07, 6.45) is 3.69. The van der Waals surface area contributed by atoms with Crippen LogP contribution in [0.15, 0.2) is 60.7 Å². The Morgan fingerprint density at radius 2 is 1.78 bits per heavy atom. The quantitative estimate of drug-likeness (QED) is 0.289. The summed E-state index contributed by atoms with van der Waals surface area (Å²) in [6, 6.07) is 20.0. The highest BCUT2D eigenvalue weighted by Gasteiger charge is 2.50. The average Bonchev–Trinajstić information content (AvgIpc) is 3.19. The van der Waals surface area contributed by atoms with Crippen molar-refractivity contribution >= 4 is 34.5 Å². The van der Waals surface area contributed by atoms with Crippen LogP contribution in [0, 0.1) is 0 Å². The molecule has 2 N–H and O–H groups in total. The van der Waals surface area contributed by atoms with Gasteiger partial charge >= 0.3 is 6.03 Å². The predicted molar refractivity (Wildman–Crippen MR) is 146 cm³/mol. The molecule has 3 aromatic rings. The van der Waals surface area contributed by atoms with Crippen LogP contribution < -0.4 is 15.4 Å². The average molecular weight is 521 g/mol. The fourth-order valence-electron chi connectivity index (χ4n) is 4.85. The molecule has 1 unspecified atom stereocenters. The molecule has 5 rings (SSSR count). The highest BCUT2D eigenvalue weighted by molar-refractivity contribution is 7.98. The molecule has 2 heterocycles. The minimum atomic E-state index is -1.24. The minimum Gasteiger partial charge on any atom is -0.493 e. The molecule has 0 bridgehead atoms. The van der Waals surface area contributed by atoms with Crippen molar-refractivity contribution in [2.75, 3.05) is 25.2 Å². The van der Waals surface area contributed by atoms with Crippen LogP contribution in [-0.4, -0.2) is 49.0 Å². The Balaban J connectivity index is 1.39. The Labute approximate surface area is 221 Å². The van der Waals surface area contributed by atoms with Gasteiger partial charge in [0.25, 0.3) is 5.91 Å². The summed E-state index contributed by atoms with van der Waals surface area (Å²) < 4.78 is 17.9. The molecule has 2 fully saturated rings. The van der Waals surface area contributed by atoms with Crippen molar-refractivity contribution in [3.05, 3.63) is 66.2 Å². The number of hydrogen-bond acceptors (Lipinski definition) is 6. The zero-order valence-electron chi connectivity index (χ0n) is 21.1. The Kier molecular flexibility index (Phi) is 7.69. The first-order chi connectivity index (χ1) is 18.0. The topological polar surface area (TPSA) is 85.9 Å². The molecule has 3 amide bonds. The summed E-state index contributed by atoms with van der Waals surface area (Å²) >= 11 is 1.76. The molecule has 2 aliphatic heterocycles. The molecule has 0 spiro atoms. The fraction of sp³-hybridized carbons (Fsp3) is 0.379. The van der Waals surface area contributed by atoms with Gasteiger partial charge in [-0.1, -0.05) is 42.5 Å². The van der Waals surface area contributed by atoms with Crippen LogP contribution in [0.2, 0.25) is 0 Å². The molecule has 0 radical (unpaired) electrons. The van der Waals surface area contributed by atoms with E-state index in [9.17, 15) is 9.59 Å². The monoisotopic (exact) mass is 520 g/mol. The second-order valence-electron chi connectivity index (χ2n) is 9.61. The van der Waals surface area contributed by atoms with Crippen LogP contribution in [0.25, 0.3) is 21.9 Å². The number of rotatable bonds is 9. The normalized spacial score (nSPS) is 22.5.